The Kier molecular flexibility index (Phi) is 7.25. The molecule has 0 atom stereocenters. The summed E-state index contributed by atoms with van der Waals surface area (Å²) in [7, 11) is 0. The fraction of sp³-hybridized carbons (Fsp3) is 0.150. The van der Waals surface area contributed by atoms with Crippen LogP contribution in [0.5, 0.6) is 11.5 Å². The van der Waals surface area contributed by atoms with Gasteiger partial charge in [0.15, 0.2) is 18.1 Å². The van der Waals surface area contributed by atoms with Gasteiger partial charge in [-0.2, -0.15) is 10.5 Å². The van der Waals surface area contributed by atoms with Gasteiger partial charge in [-0.05, 0) is 55.0 Å². The molecule has 1 N–H and O–H groups in total. The van der Waals surface area contributed by atoms with E-state index in [-0.39, 0.29) is 12.2 Å². The van der Waals surface area contributed by atoms with Crippen LogP contribution in [0.25, 0.3) is 6.08 Å². The van der Waals surface area contributed by atoms with Crippen LogP contribution < -0.4 is 14.8 Å². The largest absolute Gasteiger partial charge is 0.490 e. The van der Waals surface area contributed by atoms with Crippen LogP contribution in [0.1, 0.15) is 12.5 Å². The Bertz CT molecular complexity index is 925. The maximum absolute atomic E-state index is 12.3. The maximum atomic E-state index is 12.3. The van der Waals surface area contributed by atoms with Crippen LogP contribution in [0.4, 0.5) is 5.69 Å². The quantitative estimate of drug-likeness (QED) is 0.573. The first kappa shape index (κ1) is 19.8. The van der Waals surface area contributed by atoms with Crippen LogP contribution in [0.15, 0.2) is 48.0 Å². The van der Waals surface area contributed by atoms with Gasteiger partial charge in [0, 0.05) is 10.7 Å². The van der Waals surface area contributed by atoms with Crippen molar-refractivity contribution in [3.63, 3.8) is 0 Å². The number of amides is 1. The number of nitriles is 2. The molecule has 7 heteroatoms. The Morgan fingerprint density at radius 1 is 1.15 bits per heavy atom. The molecule has 0 radical (unpaired) electrons. The lowest BCUT2D eigenvalue weighted by atomic mass is 10.1. The van der Waals surface area contributed by atoms with Gasteiger partial charge in [-0.1, -0.05) is 17.7 Å². The fourth-order valence-electron chi connectivity index (χ4n) is 2.16. The first-order chi connectivity index (χ1) is 13.1. The summed E-state index contributed by atoms with van der Waals surface area (Å²) in [5.41, 5.74) is 1.05. The Morgan fingerprint density at radius 3 is 2.52 bits per heavy atom. The smallest absolute Gasteiger partial charge is 0.266 e. The van der Waals surface area contributed by atoms with Gasteiger partial charge >= 0.3 is 0 Å². The van der Waals surface area contributed by atoms with E-state index in [2.05, 4.69) is 5.32 Å². The van der Waals surface area contributed by atoms with E-state index in [1.807, 2.05) is 19.1 Å². The molecular formula is C20H16ClN3O3. The zero-order chi connectivity index (χ0) is 19.6. The number of hydrogen-bond donors (Lipinski definition) is 1. The average Bonchev–Trinajstić information content (AvgIpc) is 2.67. The summed E-state index contributed by atoms with van der Waals surface area (Å²) >= 11 is 5.81. The van der Waals surface area contributed by atoms with Crippen LogP contribution in [-0.2, 0) is 4.79 Å². The lowest BCUT2D eigenvalue weighted by Gasteiger charge is -2.11. The first-order valence-electron chi connectivity index (χ1n) is 8.02. The van der Waals surface area contributed by atoms with Crippen LogP contribution in [-0.4, -0.2) is 19.1 Å². The molecule has 27 heavy (non-hydrogen) atoms. The van der Waals surface area contributed by atoms with E-state index in [4.69, 9.17) is 26.3 Å². The molecule has 0 unspecified atom stereocenters. The average molecular weight is 382 g/mol. The number of ether oxygens (including phenoxy) is 2. The van der Waals surface area contributed by atoms with Crippen molar-refractivity contribution in [3.8, 4) is 23.6 Å². The predicted octanol–water partition coefficient (Wildman–Crippen LogP) is 4.19. The van der Waals surface area contributed by atoms with E-state index >= 15 is 0 Å². The molecule has 0 saturated heterocycles. The molecule has 1 amide bonds. The molecule has 0 bridgehead atoms. The van der Waals surface area contributed by atoms with Crippen molar-refractivity contribution < 1.29 is 14.3 Å². The molecule has 0 fully saturated rings. The highest BCUT2D eigenvalue weighted by Gasteiger charge is 2.11. The monoisotopic (exact) mass is 381 g/mol. The van der Waals surface area contributed by atoms with Crippen molar-refractivity contribution in [2.75, 3.05) is 18.5 Å². The molecule has 2 rings (SSSR count). The van der Waals surface area contributed by atoms with E-state index in [1.165, 1.54) is 6.08 Å². The minimum Gasteiger partial charge on any atom is -0.490 e. The molecule has 0 aliphatic carbocycles. The number of hydrogen-bond acceptors (Lipinski definition) is 5. The van der Waals surface area contributed by atoms with E-state index < -0.39 is 5.91 Å². The van der Waals surface area contributed by atoms with Gasteiger partial charge < -0.3 is 14.8 Å². The number of halogens is 1. The SMILES string of the molecule is CCOc1cc(/C=C(/C#N)C(=O)Nc2ccc(Cl)cc2)ccc1OCC#N. The van der Waals surface area contributed by atoms with Crippen molar-refractivity contribution in [2.45, 2.75) is 6.92 Å². The summed E-state index contributed by atoms with van der Waals surface area (Å²) in [6, 6.07) is 15.3. The van der Waals surface area contributed by atoms with Gasteiger partial charge in [0.05, 0.1) is 6.61 Å². The summed E-state index contributed by atoms with van der Waals surface area (Å²) in [6.45, 7) is 2.11. The third kappa shape index (κ3) is 5.78. The minimum absolute atomic E-state index is 0.0712. The number of carbonyl (C=O) groups excluding carboxylic acids is 1. The van der Waals surface area contributed by atoms with Crippen molar-refractivity contribution in [1.29, 1.82) is 10.5 Å². The van der Waals surface area contributed by atoms with Gasteiger partial charge in [0.25, 0.3) is 5.91 Å². The van der Waals surface area contributed by atoms with E-state index in [0.29, 0.717) is 34.4 Å². The molecule has 0 heterocycles. The molecule has 6 nitrogen and oxygen atoms in total. The summed E-state index contributed by atoms with van der Waals surface area (Å²) in [4.78, 5) is 12.3. The normalized spacial score (nSPS) is 10.4. The molecule has 0 aromatic heterocycles. The Labute approximate surface area is 162 Å². The first-order valence-corrected chi connectivity index (χ1v) is 8.40. The number of rotatable bonds is 7. The summed E-state index contributed by atoms with van der Waals surface area (Å²) in [6.07, 6.45) is 1.45. The number of benzene rings is 2. The Morgan fingerprint density at radius 2 is 1.89 bits per heavy atom. The van der Waals surface area contributed by atoms with Crippen LogP contribution in [0.2, 0.25) is 5.02 Å². The lowest BCUT2D eigenvalue weighted by molar-refractivity contribution is -0.112. The summed E-state index contributed by atoms with van der Waals surface area (Å²) in [5, 5.41) is 21.2. The van der Waals surface area contributed by atoms with Crippen LogP contribution in [0.3, 0.4) is 0 Å². The zero-order valence-electron chi connectivity index (χ0n) is 14.5. The molecule has 0 aliphatic rings. The van der Waals surface area contributed by atoms with E-state index in [9.17, 15) is 10.1 Å². The highest BCUT2D eigenvalue weighted by molar-refractivity contribution is 6.30. The number of carbonyl (C=O) groups is 1. The Balaban J connectivity index is 2.24. The highest BCUT2D eigenvalue weighted by Crippen LogP contribution is 2.29. The third-order valence-corrected chi connectivity index (χ3v) is 3.59. The molecule has 0 saturated carbocycles. The number of nitrogens with one attached hydrogen (secondary N) is 1. The fourth-order valence-corrected chi connectivity index (χ4v) is 2.28. The lowest BCUT2D eigenvalue weighted by Crippen LogP contribution is -2.13. The summed E-state index contributed by atoms with van der Waals surface area (Å²) in [5.74, 6) is 0.305. The van der Waals surface area contributed by atoms with Crippen LogP contribution in [0, 0.1) is 22.7 Å². The second-order valence-corrected chi connectivity index (χ2v) is 5.65. The minimum atomic E-state index is -0.539. The zero-order valence-corrected chi connectivity index (χ0v) is 15.3. The second kappa shape index (κ2) is 9.86. The number of nitrogens with zero attached hydrogens (tertiary/aromatic N) is 2. The van der Waals surface area contributed by atoms with Crippen LogP contribution >= 0.6 is 11.6 Å². The van der Waals surface area contributed by atoms with Crippen molar-refractivity contribution in [1.82, 2.24) is 0 Å². The molecule has 136 valence electrons. The standard InChI is InChI=1S/C20H16ClN3O3/c1-2-26-19-12-14(3-8-18(19)27-10-9-22)11-15(13-23)20(25)24-17-6-4-16(21)5-7-17/h3-8,11-12H,2,10H2,1H3,(H,24,25)/b15-11-. The van der Waals surface area contributed by atoms with Crippen molar-refractivity contribution in [2.24, 2.45) is 0 Å². The highest BCUT2D eigenvalue weighted by atomic mass is 35.5. The van der Waals surface area contributed by atoms with Gasteiger partial charge in [0.1, 0.15) is 17.7 Å². The van der Waals surface area contributed by atoms with Gasteiger partial charge in [-0.25, -0.2) is 0 Å². The Hall–Kier alpha value is -3.48. The van der Waals surface area contributed by atoms with Gasteiger partial charge in [-0.3, -0.25) is 4.79 Å². The molecule has 2 aromatic carbocycles. The van der Waals surface area contributed by atoms with E-state index in [0.717, 1.165) is 0 Å². The van der Waals surface area contributed by atoms with Gasteiger partial charge in [-0.15, -0.1) is 0 Å². The third-order valence-electron chi connectivity index (χ3n) is 3.34. The molecule has 0 spiro atoms. The number of anilines is 1. The van der Waals surface area contributed by atoms with Crippen molar-refractivity contribution in [3.05, 3.63) is 58.6 Å². The molecule has 2 aromatic rings. The predicted molar refractivity (Wildman–Crippen MR) is 102 cm³/mol. The topological polar surface area (TPSA) is 95.1 Å². The maximum Gasteiger partial charge on any atom is 0.266 e. The summed E-state index contributed by atoms with van der Waals surface area (Å²) < 4.78 is 10.8. The van der Waals surface area contributed by atoms with E-state index in [1.54, 1.807) is 42.5 Å². The van der Waals surface area contributed by atoms with Crippen molar-refractivity contribution >= 4 is 29.3 Å². The molecule has 0 aliphatic heterocycles. The second-order valence-electron chi connectivity index (χ2n) is 5.22. The molecular weight excluding hydrogens is 366 g/mol. The van der Waals surface area contributed by atoms with Gasteiger partial charge in [0.2, 0.25) is 0 Å².